The summed E-state index contributed by atoms with van der Waals surface area (Å²) in [5.74, 6) is 0.339. The number of carbonyl (C=O) groups excluding carboxylic acids is 1. The van der Waals surface area contributed by atoms with Crippen molar-refractivity contribution >= 4 is 22.8 Å². The molecule has 0 aliphatic rings. The summed E-state index contributed by atoms with van der Waals surface area (Å²) in [6, 6.07) is 11.9. The number of benzene rings is 2. The Morgan fingerprint density at radius 3 is 2.53 bits per heavy atom. The molecule has 0 spiro atoms. The maximum atomic E-state index is 13.1. The van der Waals surface area contributed by atoms with E-state index in [0.29, 0.717) is 12.3 Å². The number of aliphatic carboxylic acids is 1. The van der Waals surface area contributed by atoms with Gasteiger partial charge in [-0.25, -0.2) is 0 Å². The number of rotatable bonds is 11. The number of aryl methyl sites for hydroxylation is 2. The van der Waals surface area contributed by atoms with Gasteiger partial charge in [-0.15, -0.1) is 0 Å². The molecule has 0 saturated carbocycles. The third-order valence-electron chi connectivity index (χ3n) is 5.75. The van der Waals surface area contributed by atoms with Crippen molar-refractivity contribution in [3.8, 4) is 5.75 Å². The number of H-pyrrole nitrogens is 1. The van der Waals surface area contributed by atoms with Gasteiger partial charge in [0.1, 0.15) is 5.75 Å². The van der Waals surface area contributed by atoms with Crippen LogP contribution in [0.5, 0.6) is 5.75 Å². The fraction of sp³-hybridized carbons (Fsp3) is 0.429. The lowest BCUT2D eigenvalue weighted by Crippen LogP contribution is -2.31. The van der Waals surface area contributed by atoms with Gasteiger partial charge >= 0.3 is 5.97 Å². The highest BCUT2D eigenvalue weighted by Crippen LogP contribution is 2.31. The molecule has 6 nitrogen and oxygen atoms in total. The zero-order valence-corrected chi connectivity index (χ0v) is 20.8. The number of carboxylic acids is 1. The molecule has 1 aromatic heterocycles. The Balaban J connectivity index is 1.80. The van der Waals surface area contributed by atoms with Crippen molar-refractivity contribution in [2.45, 2.75) is 72.4 Å². The highest BCUT2D eigenvalue weighted by atomic mass is 16.5. The molecule has 0 radical (unpaired) electrons. The highest BCUT2D eigenvalue weighted by molar-refractivity contribution is 5.86. The van der Waals surface area contributed by atoms with E-state index in [9.17, 15) is 9.59 Å². The number of hydrogen-bond donors (Lipinski definition) is 3. The number of aromatic nitrogens is 1. The van der Waals surface area contributed by atoms with Crippen LogP contribution in [0.2, 0.25) is 0 Å². The van der Waals surface area contributed by atoms with E-state index >= 15 is 0 Å². The van der Waals surface area contributed by atoms with Crippen LogP contribution in [0.3, 0.4) is 0 Å². The molecule has 0 aliphatic heterocycles. The first-order chi connectivity index (χ1) is 16.1. The molecule has 3 N–H and O–H groups in total. The zero-order chi connectivity index (χ0) is 24.8. The predicted octanol–water partition coefficient (Wildman–Crippen LogP) is 5.73. The summed E-state index contributed by atoms with van der Waals surface area (Å²) in [6.07, 6.45) is 3.47. The number of nitrogens with one attached hydrogen (secondary N) is 2. The summed E-state index contributed by atoms with van der Waals surface area (Å²) in [5, 5.41) is 13.2. The van der Waals surface area contributed by atoms with Gasteiger partial charge in [-0.2, -0.15) is 0 Å². The highest BCUT2D eigenvalue weighted by Gasteiger charge is 2.21. The van der Waals surface area contributed by atoms with E-state index in [1.165, 1.54) is 0 Å². The zero-order valence-electron chi connectivity index (χ0n) is 20.8. The minimum absolute atomic E-state index is 0.0411. The smallest absolute Gasteiger partial charge is 0.303 e. The third-order valence-corrected chi connectivity index (χ3v) is 5.75. The maximum absolute atomic E-state index is 13.1. The second-order valence-corrected chi connectivity index (χ2v) is 9.72. The molecule has 3 rings (SSSR count). The normalized spacial score (nSPS) is 12.3. The first kappa shape index (κ1) is 25.3. The minimum atomic E-state index is -0.821. The summed E-state index contributed by atoms with van der Waals surface area (Å²) in [7, 11) is 0. The molecule has 182 valence electrons. The Morgan fingerprint density at radius 2 is 1.85 bits per heavy atom. The quantitative estimate of drug-likeness (QED) is 0.338. The van der Waals surface area contributed by atoms with E-state index in [2.05, 4.69) is 36.3 Å². The van der Waals surface area contributed by atoms with Gasteiger partial charge in [-0.1, -0.05) is 32.0 Å². The molecule has 1 atom stereocenters. The average Bonchev–Trinajstić information content (AvgIpc) is 3.13. The number of carbonyl (C=O) groups is 2. The van der Waals surface area contributed by atoms with Gasteiger partial charge in [-0.3, -0.25) is 9.59 Å². The molecule has 34 heavy (non-hydrogen) atoms. The van der Waals surface area contributed by atoms with Crippen molar-refractivity contribution in [2.75, 3.05) is 0 Å². The maximum Gasteiger partial charge on any atom is 0.303 e. The largest absolute Gasteiger partial charge is 0.491 e. The molecule has 2 aromatic carbocycles. The topological polar surface area (TPSA) is 91.4 Å². The van der Waals surface area contributed by atoms with E-state index in [-0.39, 0.29) is 30.9 Å². The van der Waals surface area contributed by atoms with Crippen LogP contribution in [0.1, 0.15) is 68.8 Å². The number of fused-ring (bicyclic) bond motifs is 1. The van der Waals surface area contributed by atoms with Crippen LogP contribution in [-0.2, 0) is 22.4 Å². The summed E-state index contributed by atoms with van der Waals surface area (Å²) in [4.78, 5) is 27.3. The van der Waals surface area contributed by atoms with Crippen LogP contribution in [0.4, 0.5) is 0 Å². The lowest BCUT2D eigenvalue weighted by atomic mass is 9.95. The van der Waals surface area contributed by atoms with Crippen molar-refractivity contribution in [1.29, 1.82) is 0 Å². The van der Waals surface area contributed by atoms with Gasteiger partial charge in [0.25, 0.3) is 0 Å². The molecular weight excluding hydrogens is 428 g/mol. The van der Waals surface area contributed by atoms with Crippen LogP contribution in [0, 0.1) is 12.8 Å². The molecule has 1 heterocycles. The van der Waals surface area contributed by atoms with Crippen LogP contribution in [0.25, 0.3) is 10.9 Å². The first-order valence-corrected chi connectivity index (χ1v) is 12.0. The van der Waals surface area contributed by atoms with E-state index in [0.717, 1.165) is 45.3 Å². The fourth-order valence-electron chi connectivity index (χ4n) is 4.24. The van der Waals surface area contributed by atoms with Gasteiger partial charge in [-0.05, 0) is 74.4 Å². The van der Waals surface area contributed by atoms with Gasteiger partial charge in [0, 0.05) is 29.1 Å². The van der Waals surface area contributed by atoms with Crippen molar-refractivity contribution < 1.29 is 19.4 Å². The molecule has 0 saturated heterocycles. The molecule has 0 fully saturated rings. The Morgan fingerprint density at radius 1 is 1.09 bits per heavy atom. The SMILES string of the molecule is Cc1ccc(C(CC(C)C)NC(=O)Cc2ccc3[nH]cc(CCC(=O)O)c3c2)c(OC(C)C)c1. The molecule has 1 unspecified atom stereocenters. The molecule has 3 aromatic rings. The third kappa shape index (κ3) is 6.86. The van der Waals surface area contributed by atoms with Crippen LogP contribution >= 0.6 is 0 Å². The first-order valence-electron chi connectivity index (χ1n) is 12.0. The molecule has 0 aliphatic carbocycles. The Bertz CT molecular complexity index is 1150. The molecule has 1 amide bonds. The second-order valence-electron chi connectivity index (χ2n) is 9.72. The average molecular weight is 465 g/mol. The van der Waals surface area contributed by atoms with Crippen LogP contribution in [0.15, 0.2) is 42.6 Å². The fourth-order valence-corrected chi connectivity index (χ4v) is 4.24. The number of ether oxygens (including phenoxy) is 1. The second kappa shape index (κ2) is 11.2. The molecular formula is C28H36N2O4. The summed E-state index contributed by atoms with van der Waals surface area (Å²) >= 11 is 0. The van der Waals surface area contributed by atoms with Crippen molar-refractivity contribution in [3.05, 3.63) is 64.8 Å². The number of amides is 1. The molecule has 6 heteroatoms. The van der Waals surface area contributed by atoms with Crippen LogP contribution < -0.4 is 10.1 Å². The molecule has 0 bridgehead atoms. The van der Waals surface area contributed by atoms with Gasteiger partial charge in [0.2, 0.25) is 5.91 Å². The van der Waals surface area contributed by atoms with Gasteiger partial charge < -0.3 is 20.1 Å². The van der Waals surface area contributed by atoms with Crippen LogP contribution in [-0.4, -0.2) is 28.1 Å². The van der Waals surface area contributed by atoms with E-state index in [4.69, 9.17) is 9.84 Å². The summed E-state index contributed by atoms with van der Waals surface area (Å²) in [6.45, 7) is 10.3. The minimum Gasteiger partial charge on any atom is -0.491 e. The van der Waals surface area contributed by atoms with E-state index in [1.807, 2.05) is 51.2 Å². The summed E-state index contributed by atoms with van der Waals surface area (Å²) < 4.78 is 6.08. The Labute approximate surface area is 201 Å². The monoisotopic (exact) mass is 464 g/mol. The lowest BCUT2D eigenvalue weighted by molar-refractivity contribution is -0.137. The van der Waals surface area contributed by atoms with Gasteiger partial charge in [0.05, 0.1) is 18.6 Å². The summed E-state index contributed by atoms with van der Waals surface area (Å²) in [5.41, 5.74) is 4.91. The number of aromatic amines is 1. The number of hydrogen-bond acceptors (Lipinski definition) is 3. The van der Waals surface area contributed by atoms with Crippen molar-refractivity contribution in [1.82, 2.24) is 10.3 Å². The standard InChI is InChI=1S/C28H36N2O4/c1-17(2)12-25(22-9-6-19(5)13-26(22)34-18(3)4)30-27(31)15-20-7-10-24-23(14-20)21(16-29-24)8-11-28(32)33/h6-7,9-10,13-14,16-18,25,29H,8,11-12,15H2,1-5H3,(H,30,31)(H,32,33). The van der Waals surface area contributed by atoms with E-state index in [1.54, 1.807) is 0 Å². The Kier molecular flexibility index (Phi) is 8.37. The Hall–Kier alpha value is -3.28. The predicted molar refractivity (Wildman–Crippen MR) is 135 cm³/mol. The number of carboxylic acid groups (broad SMARTS) is 1. The van der Waals surface area contributed by atoms with E-state index < -0.39 is 5.97 Å². The lowest BCUT2D eigenvalue weighted by Gasteiger charge is -2.25. The van der Waals surface area contributed by atoms with Gasteiger partial charge in [0.15, 0.2) is 0 Å². The van der Waals surface area contributed by atoms with Crippen molar-refractivity contribution in [2.24, 2.45) is 5.92 Å². The van der Waals surface area contributed by atoms with Crippen molar-refractivity contribution in [3.63, 3.8) is 0 Å².